The lowest BCUT2D eigenvalue weighted by molar-refractivity contribution is 0.708. The summed E-state index contributed by atoms with van der Waals surface area (Å²) in [4.78, 5) is 4.76. The predicted octanol–water partition coefficient (Wildman–Crippen LogP) is 4.45. The molecule has 0 saturated heterocycles. The molecule has 0 radical (unpaired) electrons. The smallest absolute Gasteiger partial charge is 0.131 e. The van der Waals surface area contributed by atoms with Gasteiger partial charge in [-0.05, 0) is 38.0 Å². The summed E-state index contributed by atoms with van der Waals surface area (Å²) in [7, 11) is 0. The maximum absolute atomic E-state index is 6.27. The average molecular weight is 341 g/mol. The second kappa shape index (κ2) is 4.84. The minimum atomic E-state index is 0.578. The number of aromatic nitrogens is 2. The summed E-state index contributed by atoms with van der Waals surface area (Å²) in [6.07, 6.45) is 2.43. The van der Waals surface area contributed by atoms with E-state index in [1.165, 1.54) is 12.8 Å². The Morgan fingerprint density at radius 2 is 2.21 bits per heavy atom. The molecule has 1 aromatic carbocycles. The van der Waals surface area contributed by atoms with Gasteiger partial charge in [0.15, 0.2) is 0 Å². The van der Waals surface area contributed by atoms with E-state index in [2.05, 4.69) is 27.4 Å². The van der Waals surface area contributed by atoms with E-state index in [-0.39, 0.29) is 0 Å². The Labute approximate surface area is 125 Å². The first kappa shape index (κ1) is 13.0. The minimum absolute atomic E-state index is 0.578. The molecule has 1 aromatic heterocycles. The first-order chi connectivity index (χ1) is 9.11. The number of benzene rings is 1. The molecule has 2 N–H and O–H groups in total. The van der Waals surface area contributed by atoms with Crippen molar-refractivity contribution in [2.75, 3.05) is 5.73 Å². The molecule has 3 rings (SSSR count). The summed E-state index contributed by atoms with van der Waals surface area (Å²) in [5.41, 5.74) is 8.06. The number of hydrogen-bond acceptors (Lipinski definition) is 2. The van der Waals surface area contributed by atoms with E-state index in [1.807, 2.05) is 18.2 Å². The highest BCUT2D eigenvalue weighted by Crippen LogP contribution is 2.43. The van der Waals surface area contributed by atoms with Crippen LogP contribution in [0.5, 0.6) is 0 Å². The summed E-state index contributed by atoms with van der Waals surface area (Å²) in [6, 6.07) is 5.68. The zero-order valence-electron chi connectivity index (χ0n) is 10.7. The third-order valence-corrected chi connectivity index (χ3v) is 4.41. The number of rotatable bonds is 3. The number of halogens is 2. The number of hydrogen-bond donors (Lipinski definition) is 1. The van der Waals surface area contributed by atoms with Crippen molar-refractivity contribution >= 4 is 33.3 Å². The van der Waals surface area contributed by atoms with E-state index >= 15 is 0 Å². The normalized spacial score (nSPS) is 14.9. The molecule has 0 aliphatic heterocycles. The number of nitrogens with zero attached hydrogens (tertiary/aromatic N) is 2. The molecular formula is C14H15BrClN3. The number of nitrogen functional groups attached to an aromatic ring is 1. The van der Waals surface area contributed by atoms with Crippen molar-refractivity contribution in [3.63, 3.8) is 0 Å². The quantitative estimate of drug-likeness (QED) is 0.897. The van der Waals surface area contributed by atoms with Gasteiger partial charge in [0.2, 0.25) is 0 Å². The van der Waals surface area contributed by atoms with Crippen molar-refractivity contribution in [1.82, 2.24) is 9.55 Å². The molecule has 100 valence electrons. The van der Waals surface area contributed by atoms with Gasteiger partial charge in [0.25, 0.3) is 0 Å². The highest BCUT2D eigenvalue weighted by atomic mass is 79.9. The highest BCUT2D eigenvalue weighted by molar-refractivity contribution is 9.10. The largest absolute Gasteiger partial charge is 0.383 e. The maximum atomic E-state index is 6.27. The lowest BCUT2D eigenvalue weighted by Gasteiger charge is -2.06. The van der Waals surface area contributed by atoms with E-state index in [0.717, 1.165) is 33.9 Å². The van der Waals surface area contributed by atoms with Gasteiger partial charge in [-0.15, -0.1) is 0 Å². The Kier molecular flexibility index (Phi) is 3.31. The van der Waals surface area contributed by atoms with Crippen LogP contribution in [0.2, 0.25) is 5.02 Å². The Hall–Kier alpha value is -1.00. The van der Waals surface area contributed by atoms with Gasteiger partial charge in [-0.3, -0.25) is 0 Å². The SMILES string of the molecule is CCn1c(C2CC2)nc(-c2cc(Cl)ccc2Br)c1N. The molecule has 3 nitrogen and oxygen atoms in total. The van der Waals surface area contributed by atoms with Gasteiger partial charge in [-0.25, -0.2) is 4.98 Å². The molecule has 5 heteroatoms. The summed E-state index contributed by atoms with van der Waals surface area (Å²) in [5.74, 6) is 2.42. The molecule has 2 aromatic rings. The standard InChI is InChI=1S/C14H15BrClN3/c1-2-19-13(17)12(18-14(19)8-3-4-8)10-7-9(16)5-6-11(10)15/h5-8H,2-4,17H2,1H3. The van der Waals surface area contributed by atoms with Crippen molar-refractivity contribution in [2.45, 2.75) is 32.2 Å². The molecule has 19 heavy (non-hydrogen) atoms. The molecular weight excluding hydrogens is 326 g/mol. The van der Waals surface area contributed by atoms with Crippen LogP contribution in [0.25, 0.3) is 11.3 Å². The number of imidazole rings is 1. The molecule has 0 atom stereocenters. The number of nitrogens with two attached hydrogens (primary N) is 1. The lowest BCUT2D eigenvalue weighted by Crippen LogP contribution is -2.04. The van der Waals surface area contributed by atoms with Crippen LogP contribution in [0.1, 0.15) is 31.5 Å². The third-order valence-electron chi connectivity index (χ3n) is 3.48. The Bertz CT molecular complexity index is 632. The van der Waals surface area contributed by atoms with Crippen LogP contribution in [0, 0.1) is 0 Å². The van der Waals surface area contributed by atoms with Crippen molar-refractivity contribution in [2.24, 2.45) is 0 Å². The van der Waals surface area contributed by atoms with Crippen LogP contribution in [0.3, 0.4) is 0 Å². The Morgan fingerprint density at radius 3 is 2.84 bits per heavy atom. The molecule has 0 amide bonds. The van der Waals surface area contributed by atoms with Gasteiger partial charge < -0.3 is 10.3 Å². The van der Waals surface area contributed by atoms with Crippen LogP contribution in [-0.2, 0) is 6.54 Å². The monoisotopic (exact) mass is 339 g/mol. The van der Waals surface area contributed by atoms with E-state index in [9.17, 15) is 0 Å². The predicted molar refractivity (Wildman–Crippen MR) is 82.4 cm³/mol. The van der Waals surface area contributed by atoms with E-state index in [4.69, 9.17) is 22.3 Å². The molecule has 0 unspecified atom stereocenters. The maximum Gasteiger partial charge on any atom is 0.131 e. The fourth-order valence-corrected chi connectivity index (χ4v) is 2.95. The molecule has 1 saturated carbocycles. The van der Waals surface area contributed by atoms with Crippen molar-refractivity contribution < 1.29 is 0 Å². The van der Waals surface area contributed by atoms with Crippen LogP contribution < -0.4 is 5.73 Å². The fourth-order valence-electron chi connectivity index (χ4n) is 2.35. The molecule has 1 heterocycles. The van der Waals surface area contributed by atoms with Crippen LogP contribution in [0.15, 0.2) is 22.7 Å². The number of anilines is 1. The lowest BCUT2D eigenvalue weighted by atomic mass is 10.1. The summed E-state index contributed by atoms with van der Waals surface area (Å²) in [6.45, 7) is 2.95. The molecule has 1 fully saturated rings. The zero-order valence-corrected chi connectivity index (χ0v) is 13.0. The van der Waals surface area contributed by atoms with Crippen molar-refractivity contribution in [3.8, 4) is 11.3 Å². The molecule has 0 spiro atoms. The van der Waals surface area contributed by atoms with Crippen molar-refractivity contribution in [1.29, 1.82) is 0 Å². The average Bonchev–Trinajstić information content (AvgIpc) is 3.17. The fraction of sp³-hybridized carbons (Fsp3) is 0.357. The van der Waals surface area contributed by atoms with Gasteiger partial charge in [0.05, 0.1) is 0 Å². The summed E-state index contributed by atoms with van der Waals surface area (Å²) >= 11 is 9.62. The summed E-state index contributed by atoms with van der Waals surface area (Å²) in [5, 5.41) is 0.691. The van der Waals surface area contributed by atoms with E-state index in [1.54, 1.807) is 0 Å². The molecule has 0 bridgehead atoms. The van der Waals surface area contributed by atoms with Crippen molar-refractivity contribution in [3.05, 3.63) is 33.5 Å². The zero-order chi connectivity index (χ0) is 13.6. The van der Waals surface area contributed by atoms with Crippen LogP contribution in [-0.4, -0.2) is 9.55 Å². The van der Waals surface area contributed by atoms with Gasteiger partial charge in [0, 0.05) is 27.5 Å². The topological polar surface area (TPSA) is 43.8 Å². The molecule has 1 aliphatic carbocycles. The Balaban J connectivity index is 2.17. The van der Waals surface area contributed by atoms with Gasteiger partial charge in [-0.1, -0.05) is 27.5 Å². The highest BCUT2D eigenvalue weighted by Gasteiger charge is 2.30. The first-order valence-corrected chi connectivity index (χ1v) is 7.60. The van der Waals surface area contributed by atoms with Crippen LogP contribution >= 0.6 is 27.5 Å². The van der Waals surface area contributed by atoms with Crippen LogP contribution in [0.4, 0.5) is 5.82 Å². The van der Waals surface area contributed by atoms with E-state index in [0.29, 0.717) is 10.9 Å². The molecule has 1 aliphatic rings. The first-order valence-electron chi connectivity index (χ1n) is 6.43. The van der Waals surface area contributed by atoms with Gasteiger partial charge in [0.1, 0.15) is 17.3 Å². The van der Waals surface area contributed by atoms with E-state index < -0.39 is 0 Å². The second-order valence-corrected chi connectivity index (χ2v) is 6.14. The third kappa shape index (κ3) is 2.28. The second-order valence-electron chi connectivity index (χ2n) is 4.85. The minimum Gasteiger partial charge on any atom is -0.383 e. The van der Waals surface area contributed by atoms with Gasteiger partial charge >= 0.3 is 0 Å². The summed E-state index contributed by atoms with van der Waals surface area (Å²) < 4.78 is 3.08. The van der Waals surface area contributed by atoms with Gasteiger partial charge in [-0.2, -0.15) is 0 Å². The Morgan fingerprint density at radius 1 is 1.47 bits per heavy atom.